The molecule has 1 saturated heterocycles. The van der Waals surface area contributed by atoms with Crippen LogP contribution in [-0.2, 0) is 22.7 Å². The lowest BCUT2D eigenvalue weighted by Crippen LogP contribution is -2.40. The summed E-state index contributed by atoms with van der Waals surface area (Å²) >= 11 is 0. The highest BCUT2D eigenvalue weighted by Gasteiger charge is 2.23. The first kappa shape index (κ1) is 21.3. The zero-order valence-electron chi connectivity index (χ0n) is 18.8. The van der Waals surface area contributed by atoms with E-state index in [2.05, 4.69) is 29.6 Å². The van der Waals surface area contributed by atoms with Crippen molar-refractivity contribution in [3.05, 3.63) is 73.1 Å². The molecule has 1 fully saturated rings. The molecular formula is C27H30N4O2. The maximum atomic E-state index is 12.8. The van der Waals surface area contributed by atoms with Crippen LogP contribution >= 0.6 is 0 Å². The van der Waals surface area contributed by atoms with Gasteiger partial charge in [-0.05, 0) is 60.2 Å². The summed E-state index contributed by atoms with van der Waals surface area (Å²) in [6, 6.07) is 20.3. The number of carbonyl (C=O) groups excluding carboxylic acids is 2. The van der Waals surface area contributed by atoms with Gasteiger partial charge < -0.3 is 19.4 Å². The summed E-state index contributed by atoms with van der Waals surface area (Å²) < 4.78 is 4.02. The number of likely N-dealkylation sites (tertiary alicyclic amines) is 1. The van der Waals surface area contributed by atoms with E-state index in [0.717, 1.165) is 54.2 Å². The second-order valence-electron chi connectivity index (χ2n) is 8.97. The molecular weight excluding hydrogens is 412 g/mol. The van der Waals surface area contributed by atoms with Crippen LogP contribution in [0.2, 0.25) is 0 Å². The van der Waals surface area contributed by atoms with Crippen molar-refractivity contribution in [2.24, 2.45) is 5.92 Å². The van der Waals surface area contributed by atoms with Gasteiger partial charge in [-0.3, -0.25) is 9.59 Å². The van der Waals surface area contributed by atoms with Gasteiger partial charge in [0.05, 0.1) is 0 Å². The Balaban J connectivity index is 1.04. The van der Waals surface area contributed by atoms with E-state index in [1.54, 1.807) is 0 Å². The van der Waals surface area contributed by atoms with Crippen molar-refractivity contribution in [3.63, 3.8) is 0 Å². The van der Waals surface area contributed by atoms with Gasteiger partial charge in [0.25, 0.3) is 0 Å². The summed E-state index contributed by atoms with van der Waals surface area (Å²) in [6.45, 7) is 3.01. The lowest BCUT2D eigenvalue weighted by molar-refractivity contribution is -0.133. The number of para-hydroxylation sites is 2. The minimum absolute atomic E-state index is 0.0444. The molecule has 33 heavy (non-hydrogen) atoms. The third kappa shape index (κ3) is 4.80. The summed E-state index contributed by atoms with van der Waals surface area (Å²) in [5, 5.41) is 5.38. The van der Waals surface area contributed by atoms with E-state index in [1.807, 2.05) is 62.8 Å². The van der Waals surface area contributed by atoms with Gasteiger partial charge in [-0.25, -0.2) is 0 Å². The van der Waals surface area contributed by atoms with E-state index in [0.29, 0.717) is 25.6 Å². The Kier molecular flexibility index (Phi) is 6.15. The third-order valence-corrected chi connectivity index (χ3v) is 6.82. The van der Waals surface area contributed by atoms with Crippen LogP contribution in [0.25, 0.3) is 21.8 Å². The molecule has 2 amide bonds. The standard InChI is InChI=1S/C27H30N4O2/c32-26(19-30-17-12-22-5-1-3-7-24(22)30)28-14-9-21-10-15-29(16-11-21)27(33)20-31-18-13-23-6-2-4-8-25(23)31/h1-8,12-13,17-18,21H,9-11,14-16,19-20H2,(H,28,32). The first-order valence-electron chi connectivity index (χ1n) is 11.8. The molecule has 0 bridgehead atoms. The fraction of sp³-hybridized carbons (Fsp3) is 0.333. The molecule has 4 aromatic rings. The Morgan fingerprint density at radius 2 is 1.36 bits per heavy atom. The molecule has 0 aliphatic carbocycles. The predicted molar refractivity (Wildman–Crippen MR) is 131 cm³/mol. The van der Waals surface area contributed by atoms with Crippen LogP contribution in [0, 0.1) is 5.92 Å². The minimum Gasteiger partial charge on any atom is -0.355 e. The van der Waals surface area contributed by atoms with Crippen molar-refractivity contribution in [3.8, 4) is 0 Å². The van der Waals surface area contributed by atoms with E-state index >= 15 is 0 Å². The van der Waals surface area contributed by atoms with Crippen LogP contribution in [0.15, 0.2) is 73.1 Å². The molecule has 0 spiro atoms. The zero-order valence-corrected chi connectivity index (χ0v) is 18.8. The topological polar surface area (TPSA) is 59.3 Å². The van der Waals surface area contributed by atoms with Crippen molar-refractivity contribution < 1.29 is 9.59 Å². The van der Waals surface area contributed by atoms with Crippen LogP contribution in [-0.4, -0.2) is 45.5 Å². The normalized spacial score (nSPS) is 14.7. The molecule has 2 aromatic heterocycles. The minimum atomic E-state index is 0.0444. The number of rotatable bonds is 7. The average Bonchev–Trinajstić information content (AvgIpc) is 3.44. The summed E-state index contributed by atoms with van der Waals surface area (Å²) in [4.78, 5) is 27.2. The van der Waals surface area contributed by atoms with Crippen molar-refractivity contribution in [2.45, 2.75) is 32.4 Å². The molecule has 1 N–H and O–H groups in total. The molecule has 3 heterocycles. The number of hydrogen-bond acceptors (Lipinski definition) is 2. The molecule has 6 heteroatoms. The van der Waals surface area contributed by atoms with Gasteiger partial charge in [-0.15, -0.1) is 0 Å². The molecule has 0 atom stereocenters. The van der Waals surface area contributed by atoms with Gasteiger partial charge >= 0.3 is 0 Å². The van der Waals surface area contributed by atoms with Gasteiger partial charge in [0.15, 0.2) is 0 Å². The number of piperidine rings is 1. The van der Waals surface area contributed by atoms with Crippen molar-refractivity contribution in [1.82, 2.24) is 19.4 Å². The number of carbonyl (C=O) groups is 2. The smallest absolute Gasteiger partial charge is 0.242 e. The molecule has 2 aromatic carbocycles. The van der Waals surface area contributed by atoms with E-state index in [-0.39, 0.29) is 11.8 Å². The van der Waals surface area contributed by atoms with Crippen LogP contribution in [0.3, 0.4) is 0 Å². The van der Waals surface area contributed by atoms with Crippen molar-refractivity contribution >= 4 is 33.6 Å². The Morgan fingerprint density at radius 3 is 2.00 bits per heavy atom. The zero-order chi connectivity index (χ0) is 22.6. The highest BCUT2D eigenvalue weighted by molar-refractivity contribution is 5.84. The van der Waals surface area contributed by atoms with E-state index < -0.39 is 0 Å². The summed E-state index contributed by atoms with van der Waals surface area (Å²) in [7, 11) is 0. The molecule has 1 aliphatic rings. The van der Waals surface area contributed by atoms with Gasteiger partial charge in [-0.2, -0.15) is 0 Å². The van der Waals surface area contributed by atoms with Gasteiger partial charge in [0.1, 0.15) is 13.1 Å². The van der Waals surface area contributed by atoms with Crippen LogP contribution in [0.1, 0.15) is 19.3 Å². The van der Waals surface area contributed by atoms with Crippen LogP contribution < -0.4 is 5.32 Å². The number of fused-ring (bicyclic) bond motifs is 2. The second-order valence-corrected chi connectivity index (χ2v) is 8.97. The number of nitrogens with zero attached hydrogens (tertiary/aromatic N) is 3. The number of hydrogen-bond donors (Lipinski definition) is 1. The van der Waals surface area contributed by atoms with Crippen LogP contribution in [0.5, 0.6) is 0 Å². The molecule has 5 rings (SSSR count). The average molecular weight is 443 g/mol. The van der Waals surface area contributed by atoms with Gasteiger partial charge in [-0.1, -0.05) is 36.4 Å². The Labute approximate surface area is 193 Å². The molecule has 6 nitrogen and oxygen atoms in total. The molecule has 0 radical (unpaired) electrons. The highest BCUT2D eigenvalue weighted by Crippen LogP contribution is 2.21. The van der Waals surface area contributed by atoms with E-state index in [9.17, 15) is 9.59 Å². The lowest BCUT2D eigenvalue weighted by atomic mass is 9.93. The maximum absolute atomic E-state index is 12.8. The SMILES string of the molecule is O=C(Cn1ccc2ccccc21)NCCC1CCN(C(=O)Cn2ccc3ccccc32)CC1. The third-order valence-electron chi connectivity index (χ3n) is 6.82. The van der Waals surface area contributed by atoms with Gasteiger partial charge in [0.2, 0.25) is 11.8 Å². The molecule has 1 aliphatic heterocycles. The first-order valence-corrected chi connectivity index (χ1v) is 11.8. The van der Waals surface area contributed by atoms with E-state index in [4.69, 9.17) is 0 Å². The quantitative estimate of drug-likeness (QED) is 0.470. The number of benzene rings is 2. The van der Waals surface area contributed by atoms with Crippen molar-refractivity contribution in [1.29, 1.82) is 0 Å². The summed E-state index contributed by atoms with van der Waals surface area (Å²) in [5.41, 5.74) is 2.18. The Hall–Kier alpha value is -3.54. The van der Waals surface area contributed by atoms with Crippen molar-refractivity contribution in [2.75, 3.05) is 19.6 Å². The van der Waals surface area contributed by atoms with E-state index in [1.165, 1.54) is 0 Å². The fourth-order valence-electron chi connectivity index (χ4n) is 4.90. The van der Waals surface area contributed by atoms with Gasteiger partial charge in [0, 0.05) is 43.1 Å². The Morgan fingerprint density at radius 1 is 0.788 bits per heavy atom. The predicted octanol–water partition coefficient (Wildman–Crippen LogP) is 4.04. The summed E-state index contributed by atoms with van der Waals surface area (Å²) in [5.74, 6) is 0.777. The maximum Gasteiger partial charge on any atom is 0.242 e. The number of nitrogens with one attached hydrogen (secondary N) is 1. The largest absolute Gasteiger partial charge is 0.355 e. The van der Waals surface area contributed by atoms with Crippen LogP contribution in [0.4, 0.5) is 0 Å². The molecule has 170 valence electrons. The first-order chi connectivity index (χ1) is 16.2. The highest BCUT2D eigenvalue weighted by atomic mass is 16.2. The summed E-state index contributed by atoms with van der Waals surface area (Å²) in [6.07, 6.45) is 6.91. The molecule has 0 saturated carbocycles. The second kappa shape index (κ2) is 9.53. The fourth-order valence-corrected chi connectivity index (χ4v) is 4.90. The monoisotopic (exact) mass is 442 g/mol. The Bertz CT molecular complexity index is 1260. The molecule has 0 unspecified atom stereocenters. The lowest BCUT2D eigenvalue weighted by Gasteiger charge is -2.32. The number of aromatic nitrogens is 2. The number of amides is 2.